The van der Waals surface area contributed by atoms with E-state index in [4.69, 9.17) is 4.74 Å². The van der Waals surface area contributed by atoms with Crippen LogP contribution in [0.2, 0.25) is 0 Å². The molecule has 2 aromatic rings. The average Bonchev–Trinajstić information content (AvgIpc) is 2.63. The van der Waals surface area contributed by atoms with Crippen LogP contribution in [0.25, 0.3) is 0 Å². The molecular formula is C18H21F3N4O. The molecule has 0 aliphatic rings. The van der Waals surface area contributed by atoms with Crippen LogP contribution in [0.1, 0.15) is 18.2 Å². The Morgan fingerprint density at radius 3 is 2.69 bits per heavy atom. The lowest BCUT2D eigenvalue weighted by atomic mass is 10.2. The van der Waals surface area contributed by atoms with Crippen LogP contribution in [0.4, 0.5) is 13.2 Å². The second-order valence-corrected chi connectivity index (χ2v) is 5.32. The molecule has 0 amide bonds. The normalized spacial score (nSPS) is 11.9. The van der Waals surface area contributed by atoms with E-state index in [0.29, 0.717) is 25.6 Å². The van der Waals surface area contributed by atoms with Gasteiger partial charge in [-0.05, 0) is 37.3 Å². The summed E-state index contributed by atoms with van der Waals surface area (Å²) in [5.41, 5.74) is 0.109. The molecular weight excluding hydrogens is 345 g/mol. The summed E-state index contributed by atoms with van der Waals surface area (Å²) in [6, 6.07) is 10.4. The molecule has 0 fully saturated rings. The van der Waals surface area contributed by atoms with E-state index in [1.165, 1.54) is 12.1 Å². The highest BCUT2D eigenvalue weighted by molar-refractivity contribution is 5.79. The molecule has 1 heterocycles. The maximum atomic E-state index is 12.7. The Morgan fingerprint density at radius 1 is 1.15 bits per heavy atom. The van der Waals surface area contributed by atoms with Crippen molar-refractivity contribution in [3.8, 4) is 5.75 Å². The van der Waals surface area contributed by atoms with Crippen LogP contribution in [0.15, 0.2) is 53.7 Å². The third-order valence-electron chi connectivity index (χ3n) is 3.29. The number of guanidine groups is 1. The number of benzene rings is 1. The summed E-state index contributed by atoms with van der Waals surface area (Å²) in [6.45, 7) is 3.64. The number of hydrogen-bond donors (Lipinski definition) is 2. The van der Waals surface area contributed by atoms with Crippen LogP contribution < -0.4 is 15.4 Å². The SMILES string of the molecule is CCNC(=NCc1ccccn1)NCCOc1cccc(C(F)(F)F)c1. The highest BCUT2D eigenvalue weighted by atomic mass is 19.4. The predicted molar refractivity (Wildman–Crippen MR) is 94.0 cm³/mol. The number of nitrogens with zero attached hydrogens (tertiary/aromatic N) is 2. The summed E-state index contributed by atoms with van der Waals surface area (Å²) in [6.07, 6.45) is -2.68. The molecule has 0 aliphatic carbocycles. The van der Waals surface area contributed by atoms with E-state index in [2.05, 4.69) is 20.6 Å². The second kappa shape index (κ2) is 9.65. The fourth-order valence-corrected chi connectivity index (χ4v) is 2.09. The van der Waals surface area contributed by atoms with E-state index < -0.39 is 11.7 Å². The molecule has 0 saturated carbocycles. The van der Waals surface area contributed by atoms with Crippen molar-refractivity contribution in [2.24, 2.45) is 4.99 Å². The minimum Gasteiger partial charge on any atom is -0.492 e. The molecule has 0 bridgehead atoms. The van der Waals surface area contributed by atoms with Gasteiger partial charge in [-0.2, -0.15) is 13.2 Å². The summed E-state index contributed by atoms with van der Waals surface area (Å²) < 4.78 is 43.4. The number of nitrogens with one attached hydrogen (secondary N) is 2. The van der Waals surface area contributed by atoms with Gasteiger partial charge in [0, 0.05) is 12.7 Å². The maximum absolute atomic E-state index is 12.7. The van der Waals surface area contributed by atoms with Crippen molar-refractivity contribution < 1.29 is 17.9 Å². The summed E-state index contributed by atoms with van der Waals surface area (Å²) in [7, 11) is 0. The Kier molecular flexibility index (Phi) is 7.25. The lowest BCUT2D eigenvalue weighted by molar-refractivity contribution is -0.137. The highest BCUT2D eigenvalue weighted by Gasteiger charge is 2.30. The van der Waals surface area contributed by atoms with Gasteiger partial charge in [-0.15, -0.1) is 0 Å². The Bertz CT molecular complexity index is 705. The van der Waals surface area contributed by atoms with Crippen LogP contribution in [0.5, 0.6) is 5.75 Å². The molecule has 0 radical (unpaired) electrons. The molecule has 5 nitrogen and oxygen atoms in total. The van der Waals surface area contributed by atoms with Crippen molar-refractivity contribution in [1.82, 2.24) is 15.6 Å². The zero-order valence-corrected chi connectivity index (χ0v) is 14.4. The lowest BCUT2D eigenvalue weighted by Crippen LogP contribution is -2.39. The Labute approximate surface area is 150 Å². The Hall–Kier alpha value is -2.77. The predicted octanol–water partition coefficient (Wildman–Crippen LogP) is 3.23. The molecule has 1 aromatic heterocycles. The number of ether oxygens (including phenoxy) is 1. The summed E-state index contributed by atoms with van der Waals surface area (Å²) >= 11 is 0. The van der Waals surface area contributed by atoms with E-state index >= 15 is 0 Å². The second-order valence-electron chi connectivity index (χ2n) is 5.32. The number of rotatable bonds is 7. The van der Waals surface area contributed by atoms with Gasteiger partial charge in [0.2, 0.25) is 0 Å². The highest BCUT2D eigenvalue weighted by Crippen LogP contribution is 2.31. The quantitative estimate of drug-likeness (QED) is 0.449. The van der Waals surface area contributed by atoms with Gasteiger partial charge in [0.15, 0.2) is 5.96 Å². The topological polar surface area (TPSA) is 58.5 Å². The van der Waals surface area contributed by atoms with Gasteiger partial charge in [-0.25, -0.2) is 4.99 Å². The standard InChI is InChI=1S/C18H21F3N4O/c1-2-22-17(25-13-15-7-3-4-9-23-15)24-10-11-26-16-8-5-6-14(12-16)18(19,20)21/h3-9,12H,2,10-11,13H2,1H3,(H2,22,24,25). The molecule has 0 saturated heterocycles. The summed E-state index contributed by atoms with van der Waals surface area (Å²) in [5.74, 6) is 0.767. The van der Waals surface area contributed by atoms with Crippen molar-refractivity contribution >= 4 is 5.96 Å². The van der Waals surface area contributed by atoms with Crippen LogP contribution in [-0.4, -0.2) is 30.6 Å². The van der Waals surface area contributed by atoms with Gasteiger partial charge in [0.25, 0.3) is 0 Å². The van der Waals surface area contributed by atoms with Crippen LogP contribution >= 0.6 is 0 Å². The van der Waals surface area contributed by atoms with Crippen molar-refractivity contribution in [1.29, 1.82) is 0 Å². The van der Waals surface area contributed by atoms with Crippen LogP contribution in [-0.2, 0) is 12.7 Å². The van der Waals surface area contributed by atoms with E-state index in [1.54, 1.807) is 6.20 Å². The third-order valence-corrected chi connectivity index (χ3v) is 3.29. The fourth-order valence-electron chi connectivity index (χ4n) is 2.09. The smallest absolute Gasteiger partial charge is 0.416 e. The molecule has 2 rings (SSSR count). The molecule has 1 aromatic carbocycles. The van der Waals surface area contributed by atoms with Crippen molar-refractivity contribution in [3.63, 3.8) is 0 Å². The number of halogens is 3. The molecule has 26 heavy (non-hydrogen) atoms. The molecule has 8 heteroatoms. The molecule has 0 spiro atoms. The van der Waals surface area contributed by atoms with Gasteiger partial charge in [0.1, 0.15) is 12.4 Å². The maximum Gasteiger partial charge on any atom is 0.416 e. The van der Waals surface area contributed by atoms with E-state index in [1.807, 2.05) is 25.1 Å². The van der Waals surface area contributed by atoms with Crippen molar-refractivity contribution in [3.05, 3.63) is 59.9 Å². The summed E-state index contributed by atoms with van der Waals surface area (Å²) in [5, 5.41) is 6.16. The van der Waals surface area contributed by atoms with Crippen LogP contribution in [0.3, 0.4) is 0 Å². The van der Waals surface area contributed by atoms with Crippen molar-refractivity contribution in [2.45, 2.75) is 19.6 Å². The largest absolute Gasteiger partial charge is 0.492 e. The zero-order chi connectivity index (χ0) is 18.8. The first-order chi connectivity index (χ1) is 12.5. The first-order valence-electron chi connectivity index (χ1n) is 8.21. The minimum absolute atomic E-state index is 0.178. The van der Waals surface area contributed by atoms with E-state index in [0.717, 1.165) is 17.8 Å². The monoisotopic (exact) mass is 366 g/mol. The molecule has 0 unspecified atom stereocenters. The number of hydrogen-bond acceptors (Lipinski definition) is 3. The lowest BCUT2D eigenvalue weighted by Gasteiger charge is -2.13. The number of alkyl halides is 3. The minimum atomic E-state index is -4.38. The van der Waals surface area contributed by atoms with E-state index in [-0.39, 0.29) is 12.4 Å². The van der Waals surface area contributed by atoms with Gasteiger partial charge in [0.05, 0.1) is 24.3 Å². The molecule has 2 N–H and O–H groups in total. The molecule has 140 valence electrons. The zero-order valence-electron chi connectivity index (χ0n) is 14.4. The van der Waals surface area contributed by atoms with Gasteiger partial charge < -0.3 is 15.4 Å². The molecule has 0 atom stereocenters. The average molecular weight is 366 g/mol. The van der Waals surface area contributed by atoms with Crippen LogP contribution in [0, 0.1) is 0 Å². The number of aromatic nitrogens is 1. The summed E-state index contributed by atoms with van der Waals surface area (Å²) in [4.78, 5) is 8.60. The Balaban J connectivity index is 1.82. The number of aliphatic imine (C=N–C) groups is 1. The third kappa shape index (κ3) is 6.62. The number of pyridine rings is 1. The fraction of sp³-hybridized carbons (Fsp3) is 0.333. The first kappa shape index (κ1) is 19.6. The van der Waals surface area contributed by atoms with E-state index in [9.17, 15) is 13.2 Å². The van der Waals surface area contributed by atoms with Crippen molar-refractivity contribution in [2.75, 3.05) is 19.7 Å². The first-order valence-corrected chi connectivity index (χ1v) is 8.21. The van der Waals surface area contributed by atoms with Gasteiger partial charge in [-0.1, -0.05) is 12.1 Å². The Morgan fingerprint density at radius 2 is 2.00 bits per heavy atom. The molecule has 0 aliphatic heterocycles. The van der Waals surface area contributed by atoms with Gasteiger partial charge >= 0.3 is 6.18 Å². The van der Waals surface area contributed by atoms with Gasteiger partial charge in [-0.3, -0.25) is 4.98 Å².